The first-order valence-corrected chi connectivity index (χ1v) is 23.5. The van der Waals surface area contributed by atoms with Crippen LogP contribution in [0.25, 0.3) is 0 Å². The third kappa shape index (κ3) is 37.2. The van der Waals surface area contributed by atoms with E-state index in [1.807, 2.05) is 0 Å². The molecular weight excluding hydrogens is 701 g/mol. The topological polar surface area (TPSA) is 94.2 Å². The molecule has 0 saturated heterocycles. The maximum Gasteiger partial charge on any atom is 0.407 e. The van der Waals surface area contributed by atoms with E-state index in [9.17, 15) is 14.4 Å². The molecule has 8 heteroatoms. The third-order valence-electron chi connectivity index (χ3n) is 10.4. The number of nitrogens with zero attached hydrogens (tertiary/aromatic N) is 1. The fraction of sp³-hybridized carbons (Fsp3) is 0.854. The van der Waals surface area contributed by atoms with Crippen molar-refractivity contribution in [2.75, 3.05) is 26.3 Å². The van der Waals surface area contributed by atoms with Crippen molar-refractivity contribution in [1.29, 1.82) is 0 Å². The van der Waals surface area contributed by atoms with Gasteiger partial charge in [-0.2, -0.15) is 0 Å². The van der Waals surface area contributed by atoms with Crippen LogP contribution in [0.3, 0.4) is 0 Å². The first-order valence-electron chi connectivity index (χ1n) is 23.5. The lowest BCUT2D eigenvalue weighted by atomic mass is 10.1. The molecule has 0 saturated carbocycles. The van der Waals surface area contributed by atoms with Crippen molar-refractivity contribution < 1.29 is 28.6 Å². The molecule has 0 aliphatic heterocycles. The second-order valence-electron chi connectivity index (χ2n) is 16.4. The second kappa shape index (κ2) is 40.8. The summed E-state index contributed by atoms with van der Waals surface area (Å²) in [4.78, 5) is 40.1. The van der Waals surface area contributed by atoms with Crippen LogP contribution < -0.4 is 5.32 Å². The zero-order valence-corrected chi connectivity index (χ0v) is 37.6. The Labute approximate surface area is 346 Å². The van der Waals surface area contributed by atoms with Crippen molar-refractivity contribution in [3.63, 3.8) is 0 Å². The number of alkyl carbamates (subject to hydrolysis) is 1. The second-order valence-corrected chi connectivity index (χ2v) is 16.4. The lowest BCUT2D eigenvalue weighted by Gasteiger charge is -2.30. The molecule has 0 bridgehead atoms. The molecule has 0 spiro atoms. The van der Waals surface area contributed by atoms with Gasteiger partial charge in [-0.25, -0.2) is 4.79 Å². The molecule has 0 aliphatic carbocycles. The van der Waals surface area contributed by atoms with Crippen LogP contribution in [0.1, 0.15) is 221 Å². The van der Waals surface area contributed by atoms with Crippen LogP contribution in [0.5, 0.6) is 0 Å². The van der Waals surface area contributed by atoms with Crippen LogP contribution in [0.4, 0.5) is 4.79 Å². The Morgan fingerprint density at radius 2 is 0.839 bits per heavy atom. The van der Waals surface area contributed by atoms with Gasteiger partial charge in [0.1, 0.15) is 13.2 Å². The molecule has 1 amide bonds. The Balaban J connectivity index is 4.40. The van der Waals surface area contributed by atoms with Gasteiger partial charge in [0.25, 0.3) is 0 Å². The van der Waals surface area contributed by atoms with E-state index in [-0.39, 0.29) is 25.2 Å². The molecule has 0 aromatic heterocycles. The fourth-order valence-corrected chi connectivity index (χ4v) is 6.91. The average Bonchev–Trinajstić information content (AvgIpc) is 3.17. The molecule has 0 heterocycles. The van der Waals surface area contributed by atoms with Crippen molar-refractivity contribution in [3.8, 4) is 0 Å². The van der Waals surface area contributed by atoms with Crippen molar-refractivity contribution in [2.45, 2.75) is 240 Å². The number of unbranched alkanes of at least 4 members (excludes halogenated alkanes) is 22. The van der Waals surface area contributed by atoms with Gasteiger partial charge in [-0.05, 0) is 91.9 Å². The van der Waals surface area contributed by atoms with Gasteiger partial charge in [0.05, 0.1) is 0 Å². The van der Waals surface area contributed by atoms with Crippen molar-refractivity contribution in [1.82, 2.24) is 10.2 Å². The molecule has 0 unspecified atom stereocenters. The van der Waals surface area contributed by atoms with Gasteiger partial charge < -0.3 is 19.5 Å². The average molecular weight is 791 g/mol. The molecule has 1 N–H and O–H groups in total. The number of hydrogen-bond acceptors (Lipinski definition) is 7. The number of carbonyl (C=O) groups is 3. The molecule has 0 atom stereocenters. The Morgan fingerprint density at radius 3 is 1.20 bits per heavy atom. The van der Waals surface area contributed by atoms with Gasteiger partial charge in [-0.15, -0.1) is 0 Å². The maximum absolute atomic E-state index is 12.7. The molecule has 0 aromatic rings. The van der Waals surface area contributed by atoms with Gasteiger partial charge in [-0.1, -0.05) is 141 Å². The van der Waals surface area contributed by atoms with E-state index in [1.165, 1.54) is 103 Å². The highest BCUT2D eigenvalue weighted by Crippen LogP contribution is 2.13. The standard InChI is InChI=1S/C48H90N2O6/c1-7-9-11-13-15-17-19-21-23-25-27-29-31-33-35-37-46(51)54-41-45(56-48(53)49-39-40-50(43(3)4)44(5)6)42-55-47(52)38-36-34-32-30-28-26-24-22-20-18-16-14-12-10-8-2/h21-24,43-45H,7-20,25-42H2,1-6H3,(H,49,53). The van der Waals surface area contributed by atoms with Gasteiger partial charge in [-0.3, -0.25) is 14.5 Å². The molecule has 8 nitrogen and oxygen atoms in total. The fourth-order valence-electron chi connectivity index (χ4n) is 6.91. The first-order chi connectivity index (χ1) is 27.2. The number of rotatable bonds is 40. The highest BCUT2D eigenvalue weighted by atomic mass is 16.6. The number of amides is 1. The summed E-state index contributed by atoms with van der Waals surface area (Å²) >= 11 is 0. The molecule has 0 rings (SSSR count). The lowest BCUT2D eigenvalue weighted by Crippen LogP contribution is -2.43. The monoisotopic (exact) mass is 791 g/mol. The zero-order valence-electron chi connectivity index (χ0n) is 37.6. The predicted octanol–water partition coefficient (Wildman–Crippen LogP) is 13.4. The Bertz CT molecular complexity index is 901. The van der Waals surface area contributed by atoms with Gasteiger partial charge in [0.15, 0.2) is 6.10 Å². The Morgan fingerprint density at radius 1 is 0.500 bits per heavy atom. The van der Waals surface area contributed by atoms with Crippen LogP contribution in [-0.4, -0.2) is 67.4 Å². The van der Waals surface area contributed by atoms with E-state index in [1.54, 1.807) is 0 Å². The van der Waals surface area contributed by atoms with E-state index in [0.717, 1.165) is 64.2 Å². The summed E-state index contributed by atoms with van der Waals surface area (Å²) in [6.07, 6.45) is 39.6. The van der Waals surface area contributed by atoms with Crippen molar-refractivity contribution in [3.05, 3.63) is 24.3 Å². The van der Waals surface area contributed by atoms with E-state index >= 15 is 0 Å². The Kier molecular flexibility index (Phi) is 39.1. The summed E-state index contributed by atoms with van der Waals surface area (Å²) in [6.45, 7) is 13.9. The minimum atomic E-state index is -0.863. The number of ether oxygens (including phenoxy) is 3. The summed E-state index contributed by atoms with van der Waals surface area (Å²) in [6, 6.07) is 0.700. The number of nitrogens with one attached hydrogen (secondary N) is 1. The normalized spacial score (nSPS) is 12.4. The highest BCUT2D eigenvalue weighted by molar-refractivity contribution is 5.70. The van der Waals surface area contributed by atoms with Gasteiger partial charge in [0.2, 0.25) is 0 Å². The van der Waals surface area contributed by atoms with Crippen LogP contribution >= 0.6 is 0 Å². The van der Waals surface area contributed by atoms with Crippen LogP contribution in [0, 0.1) is 0 Å². The van der Waals surface area contributed by atoms with E-state index in [2.05, 4.69) is 76.1 Å². The lowest BCUT2D eigenvalue weighted by molar-refractivity contribution is -0.152. The Hall–Kier alpha value is -2.35. The molecule has 56 heavy (non-hydrogen) atoms. The number of hydrogen-bond donors (Lipinski definition) is 1. The molecule has 0 radical (unpaired) electrons. The van der Waals surface area contributed by atoms with Gasteiger partial charge >= 0.3 is 18.0 Å². The molecule has 0 aliphatic rings. The van der Waals surface area contributed by atoms with E-state index in [0.29, 0.717) is 38.0 Å². The maximum atomic E-state index is 12.7. The number of esters is 2. The smallest absolute Gasteiger partial charge is 0.407 e. The molecule has 0 aromatic carbocycles. The largest absolute Gasteiger partial charge is 0.462 e. The summed E-state index contributed by atoms with van der Waals surface area (Å²) in [5, 5.41) is 2.80. The summed E-state index contributed by atoms with van der Waals surface area (Å²) < 4.78 is 16.6. The van der Waals surface area contributed by atoms with Crippen LogP contribution in [-0.2, 0) is 23.8 Å². The summed E-state index contributed by atoms with van der Waals surface area (Å²) in [7, 11) is 0. The molecular formula is C48H90N2O6. The quantitative estimate of drug-likeness (QED) is 0.0286. The summed E-state index contributed by atoms with van der Waals surface area (Å²) in [5.41, 5.74) is 0. The van der Waals surface area contributed by atoms with Crippen LogP contribution in [0.15, 0.2) is 24.3 Å². The van der Waals surface area contributed by atoms with Crippen LogP contribution in [0.2, 0.25) is 0 Å². The van der Waals surface area contributed by atoms with E-state index in [4.69, 9.17) is 14.2 Å². The SMILES string of the molecule is CCCCCCCCC=CCCCCCCCC(=O)OCC(COC(=O)CCCCCCCC=CCCCCCCCC)OC(=O)NCCN(C(C)C)C(C)C. The predicted molar refractivity (Wildman–Crippen MR) is 236 cm³/mol. The van der Waals surface area contributed by atoms with E-state index < -0.39 is 12.2 Å². The first kappa shape index (κ1) is 53.6. The van der Waals surface area contributed by atoms with Crippen molar-refractivity contribution >= 4 is 18.0 Å². The zero-order chi connectivity index (χ0) is 41.3. The molecule has 0 fully saturated rings. The highest BCUT2D eigenvalue weighted by Gasteiger charge is 2.20. The third-order valence-corrected chi connectivity index (χ3v) is 10.4. The number of allylic oxidation sites excluding steroid dienone is 4. The minimum absolute atomic E-state index is 0.137. The minimum Gasteiger partial charge on any atom is -0.462 e. The number of carbonyl (C=O) groups excluding carboxylic acids is 3. The van der Waals surface area contributed by atoms with Crippen molar-refractivity contribution in [2.24, 2.45) is 0 Å². The molecule has 328 valence electrons. The summed E-state index contributed by atoms with van der Waals surface area (Å²) in [5.74, 6) is -0.637. The van der Waals surface area contributed by atoms with Gasteiger partial charge in [0, 0.05) is 38.0 Å².